The summed E-state index contributed by atoms with van der Waals surface area (Å²) in [4.78, 5) is 20.4. The van der Waals surface area contributed by atoms with E-state index >= 15 is 0 Å². The molecule has 1 heterocycles. The molecule has 3 aromatic carbocycles. The summed E-state index contributed by atoms with van der Waals surface area (Å²) < 4.78 is 19.1. The number of nitrogens with zero attached hydrogens (tertiary/aromatic N) is 2. The van der Waals surface area contributed by atoms with E-state index in [0.717, 1.165) is 0 Å². The number of anilines is 2. The van der Waals surface area contributed by atoms with E-state index in [1.54, 1.807) is 42.5 Å². The maximum atomic E-state index is 13.3. The van der Waals surface area contributed by atoms with Crippen LogP contribution in [0.4, 0.5) is 15.9 Å². The van der Waals surface area contributed by atoms with Gasteiger partial charge in [0, 0.05) is 22.5 Å². The third-order valence-electron chi connectivity index (χ3n) is 4.87. The van der Waals surface area contributed by atoms with E-state index in [2.05, 4.69) is 21.9 Å². The van der Waals surface area contributed by atoms with Gasteiger partial charge in [-0.05, 0) is 59.7 Å². The van der Waals surface area contributed by atoms with Crippen LogP contribution in [0.3, 0.4) is 0 Å². The van der Waals surface area contributed by atoms with Crippen LogP contribution in [0.15, 0.2) is 73.6 Å². The van der Waals surface area contributed by atoms with Crippen LogP contribution in [0.5, 0.6) is 5.75 Å². The second kappa shape index (κ2) is 9.98. The van der Waals surface area contributed by atoms with Crippen LogP contribution in [0.1, 0.15) is 11.1 Å². The molecule has 0 amide bonds. The Morgan fingerprint density at radius 2 is 1.94 bits per heavy atom. The highest BCUT2D eigenvalue weighted by Crippen LogP contribution is 2.32. The van der Waals surface area contributed by atoms with Gasteiger partial charge in [-0.2, -0.15) is 0 Å². The van der Waals surface area contributed by atoms with Gasteiger partial charge in [-0.3, -0.25) is 4.79 Å². The number of hydrogen-bond acceptors (Lipinski definition) is 5. The first kappa shape index (κ1) is 22.7. The lowest BCUT2D eigenvalue weighted by Gasteiger charge is -2.13. The Hall–Kier alpha value is -3.48. The Labute approximate surface area is 199 Å². The monoisotopic (exact) mass is 481 g/mol. The first-order chi connectivity index (χ1) is 15.9. The molecule has 0 aliphatic rings. The third-order valence-corrected chi connectivity index (χ3v) is 5.52. The molecule has 0 spiro atoms. The van der Waals surface area contributed by atoms with Crippen molar-refractivity contribution in [3.05, 3.63) is 101 Å². The Morgan fingerprint density at radius 3 is 2.70 bits per heavy atom. The summed E-state index contributed by atoms with van der Waals surface area (Å²) in [5.74, 6) is 0.546. The lowest BCUT2D eigenvalue weighted by molar-refractivity contribution is -0.114. The molecule has 166 valence electrons. The fourth-order valence-electron chi connectivity index (χ4n) is 3.24. The lowest BCUT2D eigenvalue weighted by atomic mass is 10.1. The van der Waals surface area contributed by atoms with E-state index in [1.807, 2.05) is 0 Å². The van der Waals surface area contributed by atoms with Crippen molar-refractivity contribution in [2.45, 2.75) is 13.0 Å². The smallest absolute Gasteiger partial charge is 0.159 e. The summed E-state index contributed by atoms with van der Waals surface area (Å²) in [6.07, 6.45) is 2.82. The van der Waals surface area contributed by atoms with Gasteiger partial charge in [0.15, 0.2) is 5.78 Å². The minimum absolute atomic E-state index is 0.135. The zero-order chi connectivity index (χ0) is 23.4. The summed E-state index contributed by atoms with van der Waals surface area (Å²) in [7, 11) is 0. The molecule has 1 aromatic heterocycles. The number of ketones is 1. The summed E-state index contributed by atoms with van der Waals surface area (Å²) in [6.45, 7) is 3.69. The summed E-state index contributed by atoms with van der Waals surface area (Å²) in [5, 5.41) is 4.76. The van der Waals surface area contributed by atoms with Crippen molar-refractivity contribution in [2.75, 3.05) is 5.32 Å². The number of allylic oxidation sites excluding steroid dienone is 1. The molecule has 0 aliphatic heterocycles. The molecule has 0 aliphatic carbocycles. The van der Waals surface area contributed by atoms with Gasteiger partial charge >= 0.3 is 0 Å². The predicted octanol–water partition coefficient (Wildman–Crippen LogP) is 6.70. The van der Waals surface area contributed by atoms with E-state index in [1.165, 1.54) is 24.5 Å². The number of benzene rings is 3. The molecule has 33 heavy (non-hydrogen) atoms. The fourth-order valence-corrected chi connectivity index (χ4v) is 3.70. The fraction of sp³-hybridized carbons (Fsp3) is 0.0800. The molecular formula is C25H18Cl2FN3O2. The van der Waals surface area contributed by atoms with Gasteiger partial charge in [0.25, 0.3) is 0 Å². The van der Waals surface area contributed by atoms with Gasteiger partial charge in [0.2, 0.25) is 0 Å². The van der Waals surface area contributed by atoms with E-state index in [0.29, 0.717) is 49.3 Å². The van der Waals surface area contributed by atoms with Crippen LogP contribution < -0.4 is 10.1 Å². The molecular weight excluding hydrogens is 464 g/mol. The quantitative estimate of drug-likeness (QED) is 0.283. The molecule has 0 saturated heterocycles. The number of nitrogens with one attached hydrogen (secondary N) is 1. The highest BCUT2D eigenvalue weighted by molar-refractivity contribution is 6.32. The van der Waals surface area contributed by atoms with Crippen molar-refractivity contribution in [1.29, 1.82) is 0 Å². The number of fused-ring (bicyclic) bond motifs is 1. The van der Waals surface area contributed by atoms with E-state index in [-0.39, 0.29) is 24.6 Å². The summed E-state index contributed by atoms with van der Waals surface area (Å²) in [5.41, 5.74) is 2.67. The largest absolute Gasteiger partial charge is 0.487 e. The molecule has 4 rings (SSSR count). The van der Waals surface area contributed by atoms with Crippen LogP contribution >= 0.6 is 23.2 Å². The first-order valence-electron chi connectivity index (χ1n) is 9.95. The van der Waals surface area contributed by atoms with Crippen molar-refractivity contribution >= 4 is 51.4 Å². The first-order valence-corrected chi connectivity index (χ1v) is 10.7. The van der Waals surface area contributed by atoms with E-state index in [9.17, 15) is 9.18 Å². The normalized spacial score (nSPS) is 10.8. The maximum absolute atomic E-state index is 13.3. The van der Waals surface area contributed by atoms with Gasteiger partial charge in [0.1, 0.15) is 30.3 Å². The van der Waals surface area contributed by atoms with Crippen molar-refractivity contribution in [2.24, 2.45) is 0 Å². The third kappa shape index (κ3) is 5.48. The van der Waals surface area contributed by atoms with Gasteiger partial charge in [-0.15, -0.1) is 0 Å². The van der Waals surface area contributed by atoms with Crippen molar-refractivity contribution in [3.8, 4) is 5.75 Å². The Kier molecular flexibility index (Phi) is 6.87. The highest BCUT2D eigenvalue weighted by atomic mass is 35.5. The number of carbonyl (C=O) groups excluding carboxylic acids is 1. The molecule has 1 N–H and O–H groups in total. The van der Waals surface area contributed by atoms with Crippen molar-refractivity contribution < 1.29 is 13.9 Å². The second-order valence-electron chi connectivity index (χ2n) is 7.22. The zero-order valence-electron chi connectivity index (χ0n) is 17.3. The second-order valence-corrected chi connectivity index (χ2v) is 8.03. The number of halogens is 3. The molecule has 0 fully saturated rings. The zero-order valence-corrected chi connectivity index (χ0v) is 18.8. The van der Waals surface area contributed by atoms with Crippen LogP contribution in [-0.4, -0.2) is 15.8 Å². The average molecular weight is 482 g/mol. The summed E-state index contributed by atoms with van der Waals surface area (Å²) in [6, 6.07) is 14.9. The molecule has 5 nitrogen and oxygen atoms in total. The highest BCUT2D eigenvalue weighted by Gasteiger charge is 2.12. The SMILES string of the molecule is C=CC(=O)Cc1cc2c(Nc3ccc(OCc4cccc(F)c4)c(Cl)c3)ncnc2cc1Cl. The maximum Gasteiger partial charge on any atom is 0.159 e. The number of rotatable bonds is 8. The molecule has 8 heteroatoms. The van der Waals surface area contributed by atoms with Crippen LogP contribution in [0, 0.1) is 5.82 Å². The molecule has 0 bridgehead atoms. The Morgan fingerprint density at radius 1 is 1.09 bits per heavy atom. The van der Waals surface area contributed by atoms with Crippen molar-refractivity contribution in [1.82, 2.24) is 9.97 Å². The minimum Gasteiger partial charge on any atom is -0.487 e. The van der Waals surface area contributed by atoms with Gasteiger partial charge in [-0.1, -0.05) is 41.9 Å². The van der Waals surface area contributed by atoms with Crippen LogP contribution in [0.2, 0.25) is 10.0 Å². The Bertz CT molecular complexity index is 1360. The van der Waals surface area contributed by atoms with Crippen molar-refractivity contribution in [3.63, 3.8) is 0 Å². The van der Waals surface area contributed by atoms with Crippen LogP contribution in [-0.2, 0) is 17.8 Å². The van der Waals surface area contributed by atoms with E-state index < -0.39 is 0 Å². The molecule has 0 unspecified atom stereocenters. The van der Waals surface area contributed by atoms with Crippen LogP contribution in [0.25, 0.3) is 10.9 Å². The minimum atomic E-state index is -0.322. The van der Waals surface area contributed by atoms with Gasteiger partial charge in [0.05, 0.1) is 10.5 Å². The number of aromatic nitrogens is 2. The molecule has 0 atom stereocenters. The molecule has 0 saturated carbocycles. The standard InChI is InChI=1S/C25H18Cl2FN3O2/c1-2-19(32)9-16-10-20-23(12-21(16)26)29-14-30-25(20)31-18-6-7-24(22(27)11-18)33-13-15-4-3-5-17(28)8-15/h2-8,10-12,14H,1,9,13H2,(H,29,30,31). The molecule has 4 aromatic rings. The lowest BCUT2D eigenvalue weighted by Crippen LogP contribution is -2.01. The predicted molar refractivity (Wildman–Crippen MR) is 129 cm³/mol. The number of hydrogen-bond donors (Lipinski definition) is 1. The number of carbonyl (C=O) groups is 1. The van der Waals surface area contributed by atoms with E-state index in [4.69, 9.17) is 27.9 Å². The summed E-state index contributed by atoms with van der Waals surface area (Å²) >= 11 is 12.7. The molecule has 0 radical (unpaired) electrons. The average Bonchev–Trinajstić information content (AvgIpc) is 2.79. The van der Waals surface area contributed by atoms with Gasteiger partial charge in [-0.25, -0.2) is 14.4 Å². The topological polar surface area (TPSA) is 64.1 Å². The van der Waals surface area contributed by atoms with Gasteiger partial charge < -0.3 is 10.1 Å². The number of ether oxygens (including phenoxy) is 1. The Balaban J connectivity index is 1.56.